The van der Waals surface area contributed by atoms with Gasteiger partial charge in [-0.3, -0.25) is 4.79 Å². The normalized spacial score (nSPS) is 10.4. The fraction of sp³-hybridized carbons (Fsp3) is 0.462. The molecule has 0 spiro atoms. The number of amides is 1. The van der Waals surface area contributed by atoms with Gasteiger partial charge in [0.2, 0.25) is 0 Å². The lowest BCUT2D eigenvalue weighted by atomic mass is 10.1. The Morgan fingerprint density at radius 1 is 1.41 bits per heavy atom. The monoisotopic (exact) mass is 236 g/mol. The summed E-state index contributed by atoms with van der Waals surface area (Å²) in [5, 5.41) is 2.84. The van der Waals surface area contributed by atoms with E-state index in [0.29, 0.717) is 36.1 Å². The first-order valence-corrected chi connectivity index (χ1v) is 5.84. The zero-order valence-electron chi connectivity index (χ0n) is 10.6. The van der Waals surface area contributed by atoms with Crippen LogP contribution in [0, 0.1) is 5.92 Å². The molecule has 0 saturated carbocycles. The lowest BCUT2D eigenvalue weighted by molar-refractivity contribution is 0.0948. The Balaban J connectivity index is 2.78. The molecule has 0 fully saturated rings. The van der Waals surface area contributed by atoms with Crippen LogP contribution in [-0.4, -0.2) is 19.1 Å². The molecule has 4 nitrogen and oxygen atoms in total. The molecule has 17 heavy (non-hydrogen) atoms. The summed E-state index contributed by atoms with van der Waals surface area (Å²) in [4.78, 5) is 11.8. The second-order valence-electron chi connectivity index (χ2n) is 4.33. The molecule has 0 aliphatic rings. The van der Waals surface area contributed by atoms with Crippen LogP contribution >= 0.6 is 0 Å². The van der Waals surface area contributed by atoms with E-state index in [4.69, 9.17) is 10.5 Å². The molecule has 0 aromatic heterocycles. The summed E-state index contributed by atoms with van der Waals surface area (Å²) in [6.45, 7) is 7.19. The van der Waals surface area contributed by atoms with Crippen LogP contribution in [0.1, 0.15) is 31.1 Å². The van der Waals surface area contributed by atoms with Crippen LogP contribution in [0.25, 0.3) is 0 Å². The van der Waals surface area contributed by atoms with E-state index in [1.54, 1.807) is 18.2 Å². The Kier molecular flexibility index (Phi) is 4.82. The highest BCUT2D eigenvalue weighted by Gasteiger charge is 2.08. The molecule has 0 bridgehead atoms. The van der Waals surface area contributed by atoms with E-state index in [1.165, 1.54) is 0 Å². The maximum atomic E-state index is 11.8. The van der Waals surface area contributed by atoms with Crippen molar-refractivity contribution in [2.24, 2.45) is 5.92 Å². The summed E-state index contributed by atoms with van der Waals surface area (Å²) in [5.41, 5.74) is 6.79. The Hall–Kier alpha value is -1.71. The number of hydrogen-bond acceptors (Lipinski definition) is 3. The molecule has 0 aliphatic carbocycles. The third kappa shape index (κ3) is 4.34. The first kappa shape index (κ1) is 13.4. The molecule has 1 amide bonds. The van der Waals surface area contributed by atoms with Gasteiger partial charge in [0.25, 0.3) is 5.91 Å². The van der Waals surface area contributed by atoms with Crippen LogP contribution in [0.5, 0.6) is 5.75 Å². The van der Waals surface area contributed by atoms with Gasteiger partial charge in [0, 0.05) is 23.9 Å². The summed E-state index contributed by atoms with van der Waals surface area (Å²) in [6.07, 6.45) is 0. The van der Waals surface area contributed by atoms with Gasteiger partial charge in [-0.2, -0.15) is 0 Å². The fourth-order valence-electron chi connectivity index (χ4n) is 1.40. The predicted octanol–water partition coefficient (Wildman–Crippen LogP) is 2.05. The molecular weight excluding hydrogens is 216 g/mol. The summed E-state index contributed by atoms with van der Waals surface area (Å²) >= 11 is 0. The number of carbonyl (C=O) groups is 1. The first-order valence-electron chi connectivity index (χ1n) is 5.84. The van der Waals surface area contributed by atoms with Gasteiger partial charge in [-0.1, -0.05) is 13.8 Å². The molecule has 0 unspecified atom stereocenters. The molecular formula is C13H20N2O2. The highest BCUT2D eigenvalue weighted by Crippen LogP contribution is 2.18. The number of ether oxygens (including phenoxy) is 1. The Labute approximate surface area is 102 Å². The van der Waals surface area contributed by atoms with Gasteiger partial charge < -0.3 is 15.8 Å². The van der Waals surface area contributed by atoms with Crippen LogP contribution in [0.2, 0.25) is 0 Å². The smallest absolute Gasteiger partial charge is 0.251 e. The Morgan fingerprint density at radius 3 is 2.71 bits per heavy atom. The van der Waals surface area contributed by atoms with Gasteiger partial charge in [-0.15, -0.1) is 0 Å². The third-order valence-corrected chi connectivity index (χ3v) is 2.17. The molecule has 0 aliphatic heterocycles. The van der Waals surface area contributed by atoms with E-state index in [1.807, 2.05) is 20.8 Å². The largest absolute Gasteiger partial charge is 0.494 e. The predicted molar refractivity (Wildman–Crippen MR) is 69.2 cm³/mol. The highest BCUT2D eigenvalue weighted by atomic mass is 16.5. The SMILES string of the molecule is CCOc1cc(N)cc(C(=O)NCC(C)C)c1. The number of nitrogens with two attached hydrogens (primary N) is 1. The van der Waals surface area contributed by atoms with Crippen LogP contribution in [-0.2, 0) is 0 Å². The summed E-state index contributed by atoms with van der Waals surface area (Å²) < 4.78 is 5.34. The summed E-state index contributed by atoms with van der Waals surface area (Å²) in [5.74, 6) is 0.931. The molecule has 3 N–H and O–H groups in total. The van der Waals surface area contributed by atoms with E-state index in [9.17, 15) is 4.79 Å². The Bertz CT molecular complexity index is 389. The van der Waals surface area contributed by atoms with Gasteiger partial charge in [0.1, 0.15) is 5.75 Å². The summed E-state index contributed by atoms with van der Waals surface area (Å²) in [7, 11) is 0. The van der Waals surface area contributed by atoms with Crippen LogP contribution in [0.15, 0.2) is 18.2 Å². The minimum Gasteiger partial charge on any atom is -0.494 e. The minimum atomic E-state index is -0.119. The number of carbonyl (C=O) groups excluding carboxylic acids is 1. The average Bonchev–Trinajstić information content (AvgIpc) is 2.25. The maximum absolute atomic E-state index is 11.8. The quantitative estimate of drug-likeness (QED) is 0.769. The average molecular weight is 236 g/mol. The second kappa shape index (κ2) is 6.13. The van der Waals surface area contributed by atoms with Crippen molar-refractivity contribution < 1.29 is 9.53 Å². The summed E-state index contributed by atoms with van der Waals surface area (Å²) in [6, 6.07) is 5.07. The van der Waals surface area contributed by atoms with Gasteiger partial charge in [0.15, 0.2) is 0 Å². The molecule has 1 aromatic rings. The highest BCUT2D eigenvalue weighted by molar-refractivity contribution is 5.95. The minimum absolute atomic E-state index is 0.119. The van der Waals surface area contributed by atoms with Crippen LogP contribution in [0.4, 0.5) is 5.69 Å². The molecule has 4 heteroatoms. The van der Waals surface area contributed by atoms with Crippen LogP contribution in [0.3, 0.4) is 0 Å². The van der Waals surface area contributed by atoms with Crippen molar-refractivity contribution in [3.05, 3.63) is 23.8 Å². The maximum Gasteiger partial charge on any atom is 0.251 e. The van der Waals surface area contributed by atoms with Crippen molar-refractivity contribution in [2.75, 3.05) is 18.9 Å². The topological polar surface area (TPSA) is 64.3 Å². The molecule has 0 saturated heterocycles. The number of benzene rings is 1. The molecule has 1 aromatic carbocycles. The molecule has 0 heterocycles. The van der Waals surface area contributed by atoms with Gasteiger partial charge in [-0.05, 0) is 25.0 Å². The van der Waals surface area contributed by atoms with Crippen molar-refractivity contribution in [2.45, 2.75) is 20.8 Å². The fourth-order valence-corrected chi connectivity index (χ4v) is 1.40. The van der Waals surface area contributed by atoms with Crippen LogP contribution < -0.4 is 15.8 Å². The number of nitrogen functional groups attached to an aromatic ring is 1. The zero-order chi connectivity index (χ0) is 12.8. The molecule has 1 rings (SSSR count). The standard InChI is InChI=1S/C13H20N2O2/c1-4-17-12-6-10(5-11(14)7-12)13(16)15-8-9(2)3/h5-7,9H,4,8,14H2,1-3H3,(H,15,16). The lowest BCUT2D eigenvalue weighted by Gasteiger charge is -2.10. The van der Waals surface area contributed by atoms with Crippen molar-refractivity contribution >= 4 is 11.6 Å². The van der Waals surface area contributed by atoms with Crippen molar-refractivity contribution in [3.8, 4) is 5.75 Å². The van der Waals surface area contributed by atoms with Gasteiger partial charge >= 0.3 is 0 Å². The lowest BCUT2D eigenvalue weighted by Crippen LogP contribution is -2.27. The van der Waals surface area contributed by atoms with E-state index >= 15 is 0 Å². The number of anilines is 1. The van der Waals surface area contributed by atoms with E-state index in [-0.39, 0.29) is 5.91 Å². The number of hydrogen-bond donors (Lipinski definition) is 2. The van der Waals surface area contributed by atoms with E-state index < -0.39 is 0 Å². The Morgan fingerprint density at radius 2 is 2.12 bits per heavy atom. The van der Waals surface area contributed by atoms with Gasteiger partial charge in [0.05, 0.1) is 6.61 Å². The molecule has 0 radical (unpaired) electrons. The zero-order valence-corrected chi connectivity index (χ0v) is 10.6. The third-order valence-electron chi connectivity index (χ3n) is 2.17. The van der Waals surface area contributed by atoms with Crippen molar-refractivity contribution in [3.63, 3.8) is 0 Å². The second-order valence-corrected chi connectivity index (χ2v) is 4.33. The van der Waals surface area contributed by atoms with Crippen molar-refractivity contribution in [1.29, 1.82) is 0 Å². The molecule has 0 atom stereocenters. The van der Waals surface area contributed by atoms with E-state index in [0.717, 1.165) is 0 Å². The van der Waals surface area contributed by atoms with Gasteiger partial charge in [-0.25, -0.2) is 0 Å². The van der Waals surface area contributed by atoms with E-state index in [2.05, 4.69) is 5.32 Å². The number of nitrogens with one attached hydrogen (secondary N) is 1. The first-order chi connectivity index (χ1) is 8.02. The van der Waals surface area contributed by atoms with Crippen molar-refractivity contribution in [1.82, 2.24) is 5.32 Å². The number of rotatable bonds is 5. The molecule has 94 valence electrons.